The number of rotatable bonds is 5. The van der Waals surface area contributed by atoms with Gasteiger partial charge in [0.15, 0.2) is 0 Å². The van der Waals surface area contributed by atoms with Crippen molar-refractivity contribution >= 4 is 23.2 Å². The minimum absolute atomic E-state index is 0.0653. The van der Waals surface area contributed by atoms with Crippen molar-refractivity contribution in [1.29, 1.82) is 0 Å². The maximum atomic E-state index is 13.1. The predicted molar refractivity (Wildman–Crippen MR) is 87.5 cm³/mol. The zero-order valence-corrected chi connectivity index (χ0v) is 13.3. The lowest BCUT2D eigenvalue weighted by atomic mass is 10.1. The molecular weight excluding hydrogens is 303 g/mol. The molecular formula is C17H18ClFN2O. The number of anilines is 1. The third kappa shape index (κ3) is 4.55. The molecule has 0 saturated heterocycles. The Balaban J connectivity index is 1.94. The van der Waals surface area contributed by atoms with Crippen molar-refractivity contribution in [3.63, 3.8) is 0 Å². The molecule has 0 heterocycles. The molecule has 2 rings (SSSR count). The Kier molecular flexibility index (Phi) is 5.52. The average molecular weight is 321 g/mol. The van der Waals surface area contributed by atoms with E-state index >= 15 is 0 Å². The van der Waals surface area contributed by atoms with Crippen LogP contribution in [0.4, 0.5) is 10.1 Å². The van der Waals surface area contributed by atoms with Gasteiger partial charge < -0.3 is 5.32 Å². The Labute approximate surface area is 134 Å². The molecule has 0 radical (unpaired) electrons. The van der Waals surface area contributed by atoms with E-state index in [1.807, 2.05) is 43.1 Å². The summed E-state index contributed by atoms with van der Waals surface area (Å²) in [6.45, 7) is 2.22. The van der Waals surface area contributed by atoms with Gasteiger partial charge in [-0.3, -0.25) is 9.69 Å². The molecule has 1 unspecified atom stereocenters. The number of nitrogens with zero attached hydrogens (tertiary/aromatic N) is 1. The van der Waals surface area contributed by atoms with Crippen molar-refractivity contribution < 1.29 is 9.18 Å². The van der Waals surface area contributed by atoms with Gasteiger partial charge in [-0.2, -0.15) is 0 Å². The fourth-order valence-electron chi connectivity index (χ4n) is 2.13. The SMILES string of the molecule is CC(c1ccc(Cl)cc1)N(C)CC(=O)Nc1cccc(F)c1. The summed E-state index contributed by atoms with van der Waals surface area (Å²) in [5, 5.41) is 3.37. The zero-order valence-electron chi connectivity index (χ0n) is 12.5. The smallest absolute Gasteiger partial charge is 0.238 e. The molecule has 2 aromatic carbocycles. The van der Waals surface area contributed by atoms with Crippen LogP contribution < -0.4 is 5.32 Å². The second-order valence-corrected chi connectivity index (χ2v) is 5.64. The summed E-state index contributed by atoms with van der Waals surface area (Å²) >= 11 is 5.87. The second-order valence-electron chi connectivity index (χ2n) is 5.20. The Hall–Kier alpha value is -1.91. The predicted octanol–water partition coefficient (Wildman–Crippen LogP) is 4.11. The topological polar surface area (TPSA) is 32.3 Å². The van der Waals surface area contributed by atoms with Gasteiger partial charge in [-0.1, -0.05) is 29.8 Å². The first-order valence-electron chi connectivity index (χ1n) is 6.97. The molecule has 0 aliphatic carbocycles. The number of nitrogens with one attached hydrogen (secondary N) is 1. The Morgan fingerprint density at radius 3 is 2.59 bits per heavy atom. The van der Waals surface area contributed by atoms with Gasteiger partial charge in [-0.05, 0) is 49.9 Å². The van der Waals surface area contributed by atoms with Crippen molar-refractivity contribution in [2.75, 3.05) is 18.9 Å². The van der Waals surface area contributed by atoms with Gasteiger partial charge in [-0.25, -0.2) is 4.39 Å². The Morgan fingerprint density at radius 1 is 1.27 bits per heavy atom. The fraction of sp³-hybridized carbons (Fsp3) is 0.235. The van der Waals surface area contributed by atoms with Gasteiger partial charge in [0.05, 0.1) is 6.54 Å². The molecule has 3 nitrogen and oxygen atoms in total. The zero-order chi connectivity index (χ0) is 16.1. The van der Waals surface area contributed by atoms with Crippen LogP contribution in [0.5, 0.6) is 0 Å². The molecule has 0 aromatic heterocycles. The van der Waals surface area contributed by atoms with Crippen LogP contribution in [0, 0.1) is 5.82 Å². The van der Waals surface area contributed by atoms with Crippen LogP contribution in [0.2, 0.25) is 5.02 Å². The lowest BCUT2D eigenvalue weighted by molar-refractivity contribution is -0.117. The lowest BCUT2D eigenvalue weighted by Gasteiger charge is -2.24. The van der Waals surface area contributed by atoms with Crippen LogP contribution in [0.3, 0.4) is 0 Å². The van der Waals surface area contributed by atoms with Gasteiger partial charge in [0.2, 0.25) is 5.91 Å². The molecule has 0 aliphatic heterocycles. The van der Waals surface area contributed by atoms with E-state index < -0.39 is 0 Å². The summed E-state index contributed by atoms with van der Waals surface area (Å²) < 4.78 is 13.1. The monoisotopic (exact) mass is 320 g/mol. The maximum Gasteiger partial charge on any atom is 0.238 e. The first-order valence-corrected chi connectivity index (χ1v) is 7.34. The van der Waals surface area contributed by atoms with Crippen LogP contribution in [-0.2, 0) is 4.79 Å². The number of carbonyl (C=O) groups excluding carboxylic acids is 1. The molecule has 2 aromatic rings. The summed E-state index contributed by atoms with van der Waals surface area (Å²) in [7, 11) is 1.87. The number of carbonyl (C=O) groups is 1. The highest BCUT2D eigenvalue weighted by Gasteiger charge is 2.15. The van der Waals surface area contributed by atoms with Crippen LogP contribution in [0.15, 0.2) is 48.5 Å². The van der Waals surface area contributed by atoms with Crippen molar-refractivity contribution in [3.05, 3.63) is 64.9 Å². The van der Waals surface area contributed by atoms with Crippen LogP contribution in [0.25, 0.3) is 0 Å². The fourth-order valence-corrected chi connectivity index (χ4v) is 2.25. The molecule has 116 valence electrons. The van der Waals surface area contributed by atoms with Crippen molar-refractivity contribution in [2.45, 2.75) is 13.0 Å². The summed E-state index contributed by atoms with van der Waals surface area (Å²) in [6.07, 6.45) is 0. The molecule has 0 bridgehead atoms. The summed E-state index contributed by atoms with van der Waals surface area (Å²) in [5.41, 5.74) is 1.53. The summed E-state index contributed by atoms with van der Waals surface area (Å²) in [5.74, 6) is -0.561. The van der Waals surface area contributed by atoms with Gasteiger partial charge >= 0.3 is 0 Å². The van der Waals surface area contributed by atoms with Gasteiger partial charge in [-0.15, -0.1) is 0 Å². The minimum Gasteiger partial charge on any atom is -0.325 e. The highest BCUT2D eigenvalue weighted by Crippen LogP contribution is 2.20. The van der Waals surface area contributed by atoms with Crippen LogP contribution >= 0.6 is 11.6 Å². The average Bonchev–Trinajstić information content (AvgIpc) is 2.47. The first-order chi connectivity index (χ1) is 10.5. The molecule has 0 saturated carbocycles. The van der Waals surface area contributed by atoms with E-state index in [-0.39, 0.29) is 24.3 Å². The van der Waals surface area contributed by atoms with E-state index in [2.05, 4.69) is 5.32 Å². The normalized spacial score (nSPS) is 12.2. The maximum absolute atomic E-state index is 13.1. The van der Waals surface area contributed by atoms with Gasteiger partial charge in [0.1, 0.15) is 5.82 Å². The molecule has 0 spiro atoms. The second kappa shape index (κ2) is 7.38. The molecule has 22 heavy (non-hydrogen) atoms. The molecule has 5 heteroatoms. The van der Waals surface area contributed by atoms with E-state index in [1.54, 1.807) is 12.1 Å². The third-order valence-corrected chi connectivity index (χ3v) is 3.77. The standard InChI is InChI=1S/C17H18ClFN2O/c1-12(13-6-8-14(18)9-7-13)21(2)11-17(22)20-16-5-3-4-15(19)10-16/h3-10,12H,11H2,1-2H3,(H,20,22). The number of benzene rings is 2. The van der Waals surface area contributed by atoms with Crippen molar-refractivity contribution in [3.8, 4) is 0 Å². The largest absolute Gasteiger partial charge is 0.325 e. The number of hydrogen-bond donors (Lipinski definition) is 1. The van der Waals surface area contributed by atoms with Gasteiger partial charge in [0.25, 0.3) is 0 Å². The quantitative estimate of drug-likeness (QED) is 0.899. The highest BCUT2D eigenvalue weighted by molar-refractivity contribution is 6.30. The first kappa shape index (κ1) is 16.5. The van der Waals surface area contributed by atoms with Crippen LogP contribution in [-0.4, -0.2) is 24.4 Å². The molecule has 1 atom stereocenters. The number of hydrogen-bond acceptors (Lipinski definition) is 2. The molecule has 0 aliphatic rings. The van der Waals surface area contributed by atoms with E-state index in [0.717, 1.165) is 5.56 Å². The Bertz CT molecular complexity index is 645. The Morgan fingerprint density at radius 2 is 1.95 bits per heavy atom. The highest BCUT2D eigenvalue weighted by atomic mass is 35.5. The minimum atomic E-state index is -0.374. The van der Waals surface area contributed by atoms with E-state index in [9.17, 15) is 9.18 Å². The third-order valence-electron chi connectivity index (χ3n) is 3.51. The van der Waals surface area contributed by atoms with Crippen molar-refractivity contribution in [1.82, 2.24) is 4.90 Å². The summed E-state index contributed by atoms with van der Waals surface area (Å²) in [6, 6.07) is 13.4. The molecule has 0 fully saturated rings. The van der Waals surface area contributed by atoms with Gasteiger partial charge in [0, 0.05) is 16.8 Å². The van der Waals surface area contributed by atoms with E-state index in [4.69, 9.17) is 11.6 Å². The van der Waals surface area contributed by atoms with Crippen LogP contribution in [0.1, 0.15) is 18.5 Å². The van der Waals surface area contributed by atoms with E-state index in [0.29, 0.717) is 10.7 Å². The number of halogens is 2. The number of likely N-dealkylation sites (N-methyl/N-ethyl adjacent to an activating group) is 1. The molecule has 1 N–H and O–H groups in total. The summed E-state index contributed by atoms with van der Waals surface area (Å²) in [4.78, 5) is 13.9. The lowest BCUT2D eigenvalue weighted by Crippen LogP contribution is -2.32. The number of amides is 1. The molecule has 1 amide bonds. The van der Waals surface area contributed by atoms with E-state index in [1.165, 1.54) is 12.1 Å². The van der Waals surface area contributed by atoms with Crippen molar-refractivity contribution in [2.24, 2.45) is 0 Å².